The van der Waals surface area contributed by atoms with Crippen LogP contribution in [0.1, 0.15) is 83.5 Å². The van der Waals surface area contributed by atoms with Gasteiger partial charge in [-0.25, -0.2) is 0 Å². The van der Waals surface area contributed by atoms with Gasteiger partial charge < -0.3 is 10.4 Å². The van der Waals surface area contributed by atoms with Crippen LogP contribution in [-0.2, 0) is 0 Å². The van der Waals surface area contributed by atoms with Crippen molar-refractivity contribution in [3.05, 3.63) is 51.1 Å². The number of nitro benzene ring substituents is 1. The Bertz CT molecular complexity index is 962. The molecular weight excluding hydrogens is 392 g/mol. The van der Waals surface area contributed by atoms with Crippen molar-refractivity contribution in [2.24, 2.45) is 16.2 Å². The Morgan fingerprint density at radius 2 is 1.68 bits per heavy atom. The van der Waals surface area contributed by atoms with Crippen molar-refractivity contribution in [2.75, 3.05) is 0 Å². The van der Waals surface area contributed by atoms with Crippen LogP contribution in [0.5, 0.6) is 0 Å². The summed E-state index contributed by atoms with van der Waals surface area (Å²) in [5, 5.41) is 26.0. The van der Waals surface area contributed by atoms with Gasteiger partial charge in [-0.3, -0.25) is 14.9 Å². The van der Waals surface area contributed by atoms with Crippen molar-refractivity contribution >= 4 is 11.6 Å². The zero-order valence-corrected chi connectivity index (χ0v) is 19.2. The molecule has 0 saturated heterocycles. The fourth-order valence-corrected chi connectivity index (χ4v) is 7.23. The summed E-state index contributed by atoms with van der Waals surface area (Å²) in [5.41, 5.74) is 1.96. The third kappa shape index (κ3) is 4.14. The maximum absolute atomic E-state index is 13.1. The summed E-state index contributed by atoms with van der Waals surface area (Å²) in [6.45, 7) is 11.2. The van der Waals surface area contributed by atoms with Crippen LogP contribution in [0.3, 0.4) is 0 Å². The molecule has 0 aromatic heterocycles. The smallest absolute Gasteiger partial charge is 0.269 e. The van der Waals surface area contributed by atoms with Crippen molar-refractivity contribution in [3.8, 4) is 0 Å². The molecule has 0 heterocycles. The highest BCUT2D eigenvalue weighted by molar-refractivity contribution is 5.94. The molecular formula is C25H34N2O4. The predicted octanol–water partition coefficient (Wildman–Crippen LogP) is 5.16. The number of hydrogen-bond acceptors (Lipinski definition) is 4. The van der Waals surface area contributed by atoms with Crippen LogP contribution in [-0.4, -0.2) is 27.6 Å². The molecule has 6 nitrogen and oxygen atoms in total. The van der Waals surface area contributed by atoms with Crippen LogP contribution < -0.4 is 5.32 Å². The van der Waals surface area contributed by atoms with E-state index >= 15 is 0 Å². The number of amides is 1. The van der Waals surface area contributed by atoms with E-state index in [0.717, 1.165) is 37.7 Å². The van der Waals surface area contributed by atoms with Crippen LogP contribution in [0.4, 0.5) is 5.69 Å². The number of nitrogens with zero attached hydrogens (tertiary/aromatic N) is 1. The SMILES string of the molecule is CC1(C)CC2=C([C@@H](NC(=O)c3ccc([N+](=O)[O-])cc3)C1)[C@]1(O)CC(C)(C)C[C@@](C)(C2)C1. The van der Waals surface area contributed by atoms with Gasteiger partial charge in [0.1, 0.15) is 0 Å². The number of aliphatic hydroxyl groups is 1. The van der Waals surface area contributed by atoms with Gasteiger partial charge in [0, 0.05) is 17.7 Å². The number of benzene rings is 1. The minimum atomic E-state index is -0.895. The molecule has 6 heteroatoms. The second-order valence-corrected chi connectivity index (χ2v) is 12.1. The molecule has 1 fully saturated rings. The second kappa shape index (κ2) is 6.89. The lowest BCUT2D eigenvalue weighted by Gasteiger charge is -2.59. The highest BCUT2D eigenvalue weighted by Gasteiger charge is 2.57. The average molecular weight is 427 g/mol. The lowest BCUT2D eigenvalue weighted by Crippen LogP contribution is -2.58. The molecule has 1 amide bonds. The van der Waals surface area contributed by atoms with Crippen LogP contribution in [0.15, 0.2) is 35.4 Å². The standard InChI is InChI=1S/C25H34N2O4/c1-22(2)10-17-11-24(5)13-23(3,4)14-25(29,15-24)20(17)19(12-22)26-21(28)16-6-8-18(9-7-16)27(30)31/h6-9,19,29H,10-15H2,1-5H3,(H,26,28)/t19-,24+,25-/m0/s1. The minimum Gasteiger partial charge on any atom is -0.385 e. The van der Waals surface area contributed by atoms with E-state index in [2.05, 4.69) is 39.9 Å². The quantitative estimate of drug-likeness (QED) is 0.397. The third-order valence-corrected chi connectivity index (χ3v) is 7.36. The Morgan fingerprint density at radius 3 is 2.29 bits per heavy atom. The minimum absolute atomic E-state index is 0.0279. The van der Waals surface area contributed by atoms with Crippen molar-refractivity contribution < 1.29 is 14.8 Å². The molecule has 0 unspecified atom stereocenters. The molecule has 3 aliphatic carbocycles. The first-order valence-electron chi connectivity index (χ1n) is 11.2. The Kier molecular flexibility index (Phi) is 4.89. The van der Waals surface area contributed by atoms with E-state index < -0.39 is 10.5 Å². The lowest BCUT2D eigenvalue weighted by molar-refractivity contribution is -0.384. The summed E-state index contributed by atoms with van der Waals surface area (Å²) in [5.74, 6) is -0.253. The van der Waals surface area contributed by atoms with E-state index in [1.165, 1.54) is 29.8 Å². The lowest BCUT2D eigenvalue weighted by atomic mass is 9.49. The monoisotopic (exact) mass is 426 g/mol. The molecule has 2 N–H and O–H groups in total. The number of nitrogens with one attached hydrogen (secondary N) is 1. The molecule has 0 aliphatic heterocycles. The first kappa shape index (κ1) is 22.0. The first-order valence-corrected chi connectivity index (χ1v) is 11.2. The summed E-state index contributed by atoms with van der Waals surface area (Å²) in [6, 6.07) is 5.46. The van der Waals surface area contributed by atoms with Crippen LogP contribution in [0.25, 0.3) is 0 Å². The van der Waals surface area contributed by atoms with Crippen LogP contribution in [0, 0.1) is 26.4 Å². The third-order valence-electron chi connectivity index (χ3n) is 7.36. The van der Waals surface area contributed by atoms with Crippen LogP contribution >= 0.6 is 0 Å². The van der Waals surface area contributed by atoms with E-state index in [-0.39, 0.29) is 33.9 Å². The topological polar surface area (TPSA) is 92.5 Å². The second-order valence-electron chi connectivity index (χ2n) is 12.1. The molecule has 3 atom stereocenters. The Morgan fingerprint density at radius 1 is 1.03 bits per heavy atom. The zero-order chi connectivity index (χ0) is 22.8. The number of rotatable bonds is 3. The molecule has 168 valence electrons. The van der Waals surface area contributed by atoms with Crippen molar-refractivity contribution in [2.45, 2.75) is 84.8 Å². The van der Waals surface area contributed by atoms with Gasteiger partial charge in [0.2, 0.25) is 0 Å². The van der Waals surface area contributed by atoms with E-state index in [4.69, 9.17) is 0 Å². The summed E-state index contributed by atoms with van der Waals surface area (Å²) in [6.07, 6.45) is 5.24. The summed E-state index contributed by atoms with van der Waals surface area (Å²) < 4.78 is 0. The summed E-state index contributed by atoms with van der Waals surface area (Å²) in [4.78, 5) is 23.5. The van der Waals surface area contributed by atoms with Gasteiger partial charge in [-0.15, -0.1) is 0 Å². The maximum atomic E-state index is 13.1. The van der Waals surface area contributed by atoms with Crippen molar-refractivity contribution in [1.29, 1.82) is 0 Å². The van der Waals surface area contributed by atoms with E-state index in [0.29, 0.717) is 12.0 Å². The molecule has 31 heavy (non-hydrogen) atoms. The number of carbonyl (C=O) groups is 1. The largest absolute Gasteiger partial charge is 0.385 e. The van der Waals surface area contributed by atoms with Crippen molar-refractivity contribution in [3.63, 3.8) is 0 Å². The Balaban J connectivity index is 1.68. The molecule has 1 aromatic carbocycles. The van der Waals surface area contributed by atoms with Gasteiger partial charge in [-0.2, -0.15) is 0 Å². The zero-order valence-electron chi connectivity index (χ0n) is 19.2. The molecule has 3 aliphatic rings. The number of hydrogen-bond donors (Lipinski definition) is 2. The normalized spacial score (nSPS) is 33.4. The summed E-state index contributed by atoms with van der Waals surface area (Å²) >= 11 is 0. The van der Waals surface area contributed by atoms with Gasteiger partial charge in [-0.05, 0) is 72.5 Å². The van der Waals surface area contributed by atoms with Crippen LogP contribution in [0.2, 0.25) is 0 Å². The number of carbonyl (C=O) groups excluding carboxylic acids is 1. The average Bonchev–Trinajstić information content (AvgIpc) is 2.56. The van der Waals surface area contributed by atoms with Gasteiger partial charge in [0.15, 0.2) is 0 Å². The number of non-ortho nitro benzene ring substituents is 1. The highest BCUT2D eigenvalue weighted by Crippen LogP contribution is 2.62. The van der Waals surface area contributed by atoms with Gasteiger partial charge >= 0.3 is 0 Å². The molecule has 2 bridgehead atoms. The molecule has 0 spiro atoms. The maximum Gasteiger partial charge on any atom is 0.269 e. The van der Waals surface area contributed by atoms with Gasteiger partial charge in [0.05, 0.1) is 16.6 Å². The summed E-state index contributed by atoms with van der Waals surface area (Å²) in [7, 11) is 0. The van der Waals surface area contributed by atoms with Gasteiger partial charge in [0.25, 0.3) is 11.6 Å². The van der Waals surface area contributed by atoms with E-state index in [9.17, 15) is 20.0 Å². The highest BCUT2D eigenvalue weighted by atomic mass is 16.6. The molecule has 1 saturated carbocycles. The number of fused-ring (bicyclic) bond motifs is 3. The van der Waals surface area contributed by atoms with E-state index in [1.54, 1.807) is 0 Å². The fourth-order valence-electron chi connectivity index (χ4n) is 7.23. The number of allylic oxidation sites excluding steroid dienone is 1. The Hall–Kier alpha value is -2.21. The van der Waals surface area contributed by atoms with Crippen molar-refractivity contribution in [1.82, 2.24) is 5.32 Å². The van der Waals surface area contributed by atoms with E-state index in [1.807, 2.05) is 0 Å². The Labute approximate surface area is 184 Å². The van der Waals surface area contributed by atoms with Gasteiger partial charge in [-0.1, -0.05) is 40.2 Å². The fraction of sp³-hybridized carbons (Fsp3) is 0.640. The first-order chi connectivity index (χ1) is 14.2. The molecule has 4 rings (SSSR count). The molecule has 1 aromatic rings. The number of nitro groups is 1. The molecule has 0 radical (unpaired) electrons. The predicted molar refractivity (Wildman–Crippen MR) is 120 cm³/mol.